The van der Waals surface area contributed by atoms with Gasteiger partial charge in [-0.25, -0.2) is 13.6 Å². The molecule has 1 aliphatic heterocycles. The predicted octanol–water partition coefficient (Wildman–Crippen LogP) is 3.10. The fourth-order valence-corrected chi connectivity index (χ4v) is 3.27. The van der Waals surface area contributed by atoms with Crippen LogP contribution in [0.5, 0.6) is 0 Å². The highest BCUT2D eigenvalue weighted by molar-refractivity contribution is 5.94. The maximum atomic E-state index is 13.4. The van der Waals surface area contributed by atoms with Crippen LogP contribution in [-0.2, 0) is 11.3 Å². The highest BCUT2D eigenvalue weighted by atomic mass is 19.2. The number of methoxy groups -OCH3 is 1. The zero-order valence-corrected chi connectivity index (χ0v) is 15.7. The number of carbonyl (C=O) groups excluding carboxylic acids is 2. The van der Waals surface area contributed by atoms with Crippen LogP contribution in [0.15, 0.2) is 42.5 Å². The average molecular weight is 388 g/mol. The molecule has 28 heavy (non-hydrogen) atoms. The molecule has 5 nitrogen and oxygen atoms in total. The lowest BCUT2D eigenvalue weighted by Crippen LogP contribution is -2.35. The standard InChI is InChI=1S/C21H22F2N2O3/c1-28-21(27)16-5-3-15(4-6-16)14-24-9-2-10-25(12-11-24)20(26)17-7-8-18(22)19(23)13-17/h3-8,13H,2,9-12,14H2,1H3. The molecule has 1 aliphatic rings. The molecular formula is C21H22F2N2O3. The van der Waals surface area contributed by atoms with Gasteiger partial charge in [-0.1, -0.05) is 12.1 Å². The van der Waals surface area contributed by atoms with Crippen LogP contribution < -0.4 is 0 Å². The predicted molar refractivity (Wildman–Crippen MR) is 99.9 cm³/mol. The van der Waals surface area contributed by atoms with Crippen molar-refractivity contribution in [3.05, 3.63) is 70.8 Å². The number of amides is 1. The van der Waals surface area contributed by atoms with Crippen LogP contribution in [0.4, 0.5) is 8.78 Å². The number of nitrogens with zero attached hydrogens (tertiary/aromatic N) is 2. The summed E-state index contributed by atoms with van der Waals surface area (Å²) >= 11 is 0. The molecule has 1 heterocycles. The Bertz CT molecular complexity index is 855. The summed E-state index contributed by atoms with van der Waals surface area (Å²) in [7, 11) is 1.35. The third-order valence-corrected chi connectivity index (χ3v) is 4.82. The van der Waals surface area contributed by atoms with E-state index in [4.69, 9.17) is 4.74 Å². The molecule has 0 spiro atoms. The molecule has 0 aromatic heterocycles. The van der Waals surface area contributed by atoms with E-state index in [1.807, 2.05) is 12.1 Å². The third-order valence-electron chi connectivity index (χ3n) is 4.82. The fraction of sp³-hybridized carbons (Fsp3) is 0.333. The Kier molecular flexibility index (Phi) is 6.36. The summed E-state index contributed by atoms with van der Waals surface area (Å²) in [6.45, 7) is 3.27. The van der Waals surface area contributed by atoms with Crippen LogP contribution in [0.2, 0.25) is 0 Å². The maximum absolute atomic E-state index is 13.4. The maximum Gasteiger partial charge on any atom is 0.337 e. The van der Waals surface area contributed by atoms with Crippen molar-refractivity contribution in [2.24, 2.45) is 0 Å². The highest BCUT2D eigenvalue weighted by Gasteiger charge is 2.21. The number of hydrogen-bond donors (Lipinski definition) is 0. The molecule has 0 atom stereocenters. The first-order valence-corrected chi connectivity index (χ1v) is 9.12. The zero-order chi connectivity index (χ0) is 20.1. The normalized spacial score (nSPS) is 15.2. The van der Waals surface area contributed by atoms with Gasteiger partial charge >= 0.3 is 5.97 Å². The van der Waals surface area contributed by atoms with Crippen LogP contribution in [0, 0.1) is 11.6 Å². The minimum absolute atomic E-state index is 0.158. The van der Waals surface area contributed by atoms with E-state index in [9.17, 15) is 18.4 Å². The summed E-state index contributed by atoms with van der Waals surface area (Å²) in [5.41, 5.74) is 1.73. The second kappa shape index (κ2) is 8.93. The van der Waals surface area contributed by atoms with Gasteiger partial charge in [0.05, 0.1) is 12.7 Å². The molecule has 0 unspecified atom stereocenters. The first-order valence-electron chi connectivity index (χ1n) is 9.12. The molecule has 3 rings (SSSR count). The number of halogens is 2. The van der Waals surface area contributed by atoms with E-state index in [1.165, 1.54) is 13.2 Å². The lowest BCUT2D eigenvalue weighted by molar-refractivity contribution is 0.0600. The summed E-state index contributed by atoms with van der Waals surface area (Å²) in [4.78, 5) is 28.0. The Morgan fingerprint density at radius 3 is 2.32 bits per heavy atom. The smallest absolute Gasteiger partial charge is 0.337 e. The molecule has 0 N–H and O–H groups in total. The minimum Gasteiger partial charge on any atom is -0.465 e. The van der Waals surface area contributed by atoms with Crippen molar-refractivity contribution in [1.29, 1.82) is 0 Å². The Morgan fingerprint density at radius 2 is 1.64 bits per heavy atom. The largest absolute Gasteiger partial charge is 0.465 e. The van der Waals surface area contributed by atoms with E-state index in [1.54, 1.807) is 17.0 Å². The first kappa shape index (κ1) is 19.9. The summed E-state index contributed by atoms with van der Waals surface area (Å²) in [6, 6.07) is 10.5. The molecule has 0 saturated carbocycles. The van der Waals surface area contributed by atoms with Crippen LogP contribution in [0.25, 0.3) is 0 Å². The molecule has 1 amide bonds. The van der Waals surface area contributed by atoms with Gasteiger partial charge in [0, 0.05) is 38.3 Å². The molecule has 1 fully saturated rings. The van der Waals surface area contributed by atoms with Gasteiger partial charge in [-0.2, -0.15) is 0 Å². The highest BCUT2D eigenvalue weighted by Crippen LogP contribution is 2.15. The van der Waals surface area contributed by atoms with Gasteiger partial charge in [0.1, 0.15) is 0 Å². The molecule has 148 valence electrons. The molecule has 0 radical (unpaired) electrons. The lowest BCUT2D eigenvalue weighted by Gasteiger charge is -2.22. The van der Waals surface area contributed by atoms with E-state index in [-0.39, 0.29) is 17.4 Å². The summed E-state index contributed by atoms with van der Waals surface area (Å²) in [5.74, 6) is -2.63. The first-order chi connectivity index (χ1) is 13.5. The summed E-state index contributed by atoms with van der Waals surface area (Å²) < 4.78 is 31.2. The van der Waals surface area contributed by atoms with Gasteiger partial charge in [-0.3, -0.25) is 9.69 Å². The molecule has 2 aromatic rings. The van der Waals surface area contributed by atoms with Crippen LogP contribution >= 0.6 is 0 Å². The molecular weight excluding hydrogens is 366 g/mol. The lowest BCUT2D eigenvalue weighted by atomic mass is 10.1. The Labute approximate surface area is 162 Å². The second-order valence-corrected chi connectivity index (χ2v) is 6.74. The van der Waals surface area contributed by atoms with Gasteiger partial charge in [-0.05, 0) is 42.3 Å². The van der Waals surface area contributed by atoms with Gasteiger partial charge in [0.15, 0.2) is 11.6 Å². The van der Waals surface area contributed by atoms with Crippen molar-refractivity contribution in [3.63, 3.8) is 0 Å². The molecule has 0 bridgehead atoms. The molecule has 7 heteroatoms. The Balaban J connectivity index is 1.59. The monoisotopic (exact) mass is 388 g/mol. The topological polar surface area (TPSA) is 49.9 Å². The molecule has 2 aromatic carbocycles. The number of carbonyl (C=O) groups is 2. The second-order valence-electron chi connectivity index (χ2n) is 6.74. The number of ether oxygens (including phenoxy) is 1. The SMILES string of the molecule is COC(=O)c1ccc(CN2CCCN(C(=O)c3ccc(F)c(F)c3)CC2)cc1. The van der Waals surface area contributed by atoms with Crippen molar-refractivity contribution in [1.82, 2.24) is 9.80 Å². The fourth-order valence-electron chi connectivity index (χ4n) is 3.27. The number of hydrogen-bond acceptors (Lipinski definition) is 4. The van der Waals surface area contributed by atoms with E-state index in [2.05, 4.69) is 4.90 Å². The van der Waals surface area contributed by atoms with Gasteiger partial charge in [0.25, 0.3) is 5.91 Å². The van der Waals surface area contributed by atoms with E-state index >= 15 is 0 Å². The van der Waals surface area contributed by atoms with E-state index < -0.39 is 11.6 Å². The van der Waals surface area contributed by atoms with Gasteiger partial charge in [0.2, 0.25) is 0 Å². The van der Waals surface area contributed by atoms with Gasteiger partial charge in [-0.15, -0.1) is 0 Å². The van der Waals surface area contributed by atoms with Crippen molar-refractivity contribution in [2.45, 2.75) is 13.0 Å². The van der Waals surface area contributed by atoms with Crippen LogP contribution in [-0.4, -0.2) is 55.0 Å². The molecule has 0 aliphatic carbocycles. The zero-order valence-electron chi connectivity index (χ0n) is 15.7. The Morgan fingerprint density at radius 1 is 0.929 bits per heavy atom. The number of benzene rings is 2. The van der Waals surface area contributed by atoms with Crippen molar-refractivity contribution >= 4 is 11.9 Å². The number of esters is 1. The van der Waals surface area contributed by atoms with Crippen molar-refractivity contribution in [2.75, 3.05) is 33.3 Å². The average Bonchev–Trinajstić information content (AvgIpc) is 2.95. The quantitative estimate of drug-likeness (QED) is 0.756. The van der Waals surface area contributed by atoms with Gasteiger partial charge < -0.3 is 9.64 Å². The summed E-state index contributed by atoms with van der Waals surface area (Å²) in [6.07, 6.45) is 0.787. The minimum atomic E-state index is -1.02. The number of rotatable bonds is 4. The Hall–Kier alpha value is -2.80. The summed E-state index contributed by atoms with van der Waals surface area (Å²) in [5, 5.41) is 0. The van der Waals surface area contributed by atoms with E-state index in [0.29, 0.717) is 31.7 Å². The third kappa shape index (κ3) is 4.72. The van der Waals surface area contributed by atoms with Crippen molar-refractivity contribution < 1.29 is 23.1 Å². The van der Waals surface area contributed by atoms with Crippen LogP contribution in [0.1, 0.15) is 32.7 Å². The van der Waals surface area contributed by atoms with Crippen molar-refractivity contribution in [3.8, 4) is 0 Å². The van der Waals surface area contributed by atoms with Crippen LogP contribution in [0.3, 0.4) is 0 Å². The van der Waals surface area contributed by atoms with E-state index in [0.717, 1.165) is 30.7 Å². The molecule has 1 saturated heterocycles.